The van der Waals surface area contributed by atoms with Crippen molar-refractivity contribution in [3.63, 3.8) is 0 Å². The predicted molar refractivity (Wildman–Crippen MR) is 127 cm³/mol. The topological polar surface area (TPSA) is 145 Å². The van der Waals surface area contributed by atoms with Crippen LogP contribution in [0.25, 0.3) is 0 Å². The van der Waals surface area contributed by atoms with Gasteiger partial charge in [-0.3, -0.25) is 19.2 Å². The number of piperidine rings is 2. The Kier molecular flexibility index (Phi) is 10.1. The van der Waals surface area contributed by atoms with Crippen LogP contribution >= 0.6 is 0 Å². The van der Waals surface area contributed by atoms with Crippen molar-refractivity contribution in [3.8, 4) is 0 Å². The van der Waals surface area contributed by atoms with Gasteiger partial charge in [0.15, 0.2) is 0 Å². The van der Waals surface area contributed by atoms with E-state index in [2.05, 4.69) is 10.6 Å². The van der Waals surface area contributed by atoms with Crippen LogP contribution in [0.3, 0.4) is 0 Å². The molecule has 35 heavy (non-hydrogen) atoms. The van der Waals surface area contributed by atoms with Crippen LogP contribution in [0.15, 0.2) is 12.2 Å². The third-order valence-corrected chi connectivity index (χ3v) is 5.88. The second-order valence-corrected chi connectivity index (χ2v) is 10.1. The van der Waals surface area contributed by atoms with Crippen LogP contribution in [0.1, 0.15) is 59.8 Å². The monoisotopic (exact) mass is 494 g/mol. The van der Waals surface area contributed by atoms with Gasteiger partial charge in [-0.15, -0.1) is 0 Å². The number of likely N-dealkylation sites (tertiary alicyclic amines) is 2. The number of allylic oxidation sites excluding steroid dienone is 1. The van der Waals surface area contributed by atoms with E-state index >= 15 is 0 Å². The fraction of sp³-hybridized carbons (Fsp3) is 0.708. The number of hydrogen-bond acceptors (Lipinski definition) is 6. The molecule has 2 rings (SSSR count). The van der Waals surface area contributed by atoms with Crippen molar-refractivity contribution in [1.29, 1.82) is 0 Å². The number of rotatable bonds is 7. The van der Waals surface area contributed by atoms with Crippen molar-refractivity contribution >= 4 is 29.8 Å². The zero-order chi connectivity index (χ0) is 26.2. The van der Waals surface area contributed by atoms with Gasteiger partial charge in [-0.2, -0.15) is 0 Å². The van der Waals surface area contributed by atoms with Crippen molar-refractivity contribution < 1.29 is 33.8 Å². The average molecular weight is 495 g/mol. The molecule has 0 aromatic heterocycles. The molecule has 4 amide bonds. The Balaban J connectivity index is 1.84. The van der Waals surface area contributed by atoms with Crippen molar-refractivity contribution in [2.45, 2.75) is 71.6 Å². The third kappa shape index (κ3) is 9.96. The molecule has 196 valence electrons. The molecule has 2 saturated heterocycles. The zero-order valence-electron chi connectivity index (χ0n) is 21.0. The fourth-order valence-corrected chi connectivity index (χ4v) is 4.16. The van der Waals surface area contributed by atoms with Crippen LogP contribution in [0.4, 0.5) is 4.79 Å². The Morgan fingerprint density at radius 1 is 1.03 bits per heavy atom. The zero-order valence-corrected chi connectivity index (χ0v) is 21.0. The highest BCUT2D eigenvalue weighted by Gasteiger charge is 2.30. The maximum Gasteiger partial charge on any atom is 0.410 e. The van der Waals surface area contributed by atoms with Gasteiger partial charge in [-0.05, 0) is 58.4 Å². The van der Waals surface area contributed by atoms with Crippen molar-refractivity contribution in [1.82, 2.24) is 20.4 Å². The number of amides is 4. The molecule has 0 spiro atoms. The summed E-state index contributed by atoms with van der Waals surface area (Å²) in [4.78, 5) is 63.2. The molecule has 3 N–H and O–H groups in total. The number of aliphatic carboxylic acids is 1. The number of carbonyl (C=O) groups excluding carboxylic acids is 4. The van der Waals surface area contributed by atoms with Crippen molar-refractivity contribution in [3.05, 3.63) is 12.2 Å². The molecule has 11 nitrogen and oxygen atoms in total. The molecule has 0 saturated carbocycles. The summed E-state index contributed by atoms with van der Waals surface area (Å²) in [6, 6.07) is 0. The van der Waals surface area contributed by atoms with Crippen LogP contribution in [0, 0.1) is 11.8 Å². The van der Waals surface area contributed by atoms with Gasteiger partial charge in [0.2, 0.25) is 17.7 Å². The molecule has 2 fully saturated rings. The largest absolute Gasteiger partial charge is 0.481 e. The molecule has 0 unspecified atom stereocenters. The van der Waals surface area contributed by atoms with E-state index in [4.69, 9.17) is 9.84 Å². The number of carbonyl (C=O) groups is 5. The summed E-state index contributed by atoms with van der Waals surface area (Å²) < 4.78 is 5.41. The molecule has 0 aliphatic carbocycles. The SMILES string of the molecule is CC(=O)N[C@H](CC(=O)O)NC(=O)[C@@H]1CCCN(C(=O)/C=C/C2CCN(C(=O)OC(C)(C)C)CC2)C1. The maximum absolute atomic E-state index is 12.7. The lowest BCUT2D eigenvalue weighted by molar-refractivity contribution is -0.138. The lowest BCUT2D eigenvalue weighted by atomic mass is 9.95. The number of carboxylic acid groups (broad SMARTS) is 1. The number of nitrogens with zero attached hydrogens (tertiary/aromatic N) is 2. The molecular weight excluding hydrogens is 456 g/mol. The van der Waals surface area contributed by atoms with Gasteiger partial charge in [0, 0.05) is 33.1 Å². The smallest absolute Gasteiger partial charge is 0.410 e. The number of carboxylic acids is 1. The van der Waals surface area contributed by atoms with Crippen LogP contribution < -0.4 is 10.6 Å². The van der Waals surface area contributed by atoms with E-state index in [1.807, 2.05) is 26.8 Å². The number of nitrogens with one attached hydrogen (secondary N) is 2. The van der Waals surface area contributed by atoms with Crippen LogP contribution in [0.5, 0.6) is 0 Å². The Morgan fingerprint density at radius 2 is 1.69 bits per heavy atom. The summed E-state index contributed by atoms with van der Waals surface area (Å²) >= 11 is 0. The lowest BCUT2D eigenvalue weighted by Crippen LogP contribution is -2.52. The average Bonchev–Trinajstić information content (AvgIpc) is 2.75. The molecule has 2 atom stereocenters. The molecule has 0 aromatic rings. The van der Waals surface area contributed by atoms with E-state index in [9.17, 15) is 24.0 Å². The second kappa shape index (κ2) is 12.6. The predicted octanol–water partition coefficient (Wildman–Crippen LogP) is 1.48. The fourth-order valence-electron chi connectivity index (χ4n) is 4.16. The molecular formula is C24H38N4O7. The Hall–Kier alpha value is -3.11. The first-order chi connectivity index (χ1) is 16.3. The van der Waals surface area contributed by atoms with Gasteiger partial charge in [-0.25, -0.2) is 4.79 Å². The molecule has 2 aliphatic rings. The summed E-state index contributed by atoms with van der Waals surface area (Å²) in [5.74, 6) is -2.47. The van der Waals surface area contributed by atoms with Gasteiger partial charge >= 0.3 is 12.1 Å². The highest BCUT2D eigenvalue weighted by Crippen LogP contribution is 2.22. The van der Waals surface area contributed by atoms with E-state index in [1.165, 1.54) is 6.92 Å². The van der Waals surface area contributed by atoms with Crippen molar-refractivity contribution in [2.75, 3.05) is 26.2 Å². The van der Waals surface area contributed by atoms with Crippen LogP contribution in [-0.2, 0) is 23.9 Å². The first kappa shape index (κ1) is 28.1. The number of hydrogen-bond donors (Lipinski definition) is 3. The summed E-state index contributed by atoms with van der Waals surface area (Å²) in [5, 5.41) is 14.0. The Labute approximate surface area is 206 Å². The first-order valence-corrected chi connectivity index (χ1v) is 12.1. The van der Waals surface area contributed by atoms with E-state index in [1.54, 1.807) is 15.9 Å². The Morgan fingerprint density at radius 3 is 2.26 bits per heavy atom. The minimum atomic E-state index is -1.15. The van der Waals surface area contributed by atoms with Crippen LogP contribution in [-0.4, -0.2) is 82.6 Å². The normalized spacial score (nSPS) is 20.3. The summed E-state index contributed by atoms with van der Waals surface area (Å²) in [5.41, 5.74) is -0.537. The molecule has 11 heteroatoms. The minimum absolute atomic E-state index is 0.177. The van der Waals surface area contributed by atoms with E-state index < -0.39 is 36.0 Å². The highest BCUT2D eigenvalue weighted by atomic mass is 16.6. The first-order valence-electron chi connectivity index (χ1n) is 12.1. The highest BCUT2D eigenvalue weighted by molar-refractivity contribution is 5.89. The summed E-state index contributed by atoms with van der Waals surface area (Å²) in [6.07, 6.45) is 4.35. The van der Waals surface area contributed by atoms with Crippen LogP contribution in [0.2, 0.25) is 0 Å². The third-order valence-electron chi connectivity index (χ3n) is 5.88. The minimum Gasteiger partial charge on any atom is -0.481 e. The molecule has 2 aliphatic heterocycles. The molecule has 0 bridgehead atoms. The van der Waals surface area contributed by atoms with Gasteiger partial charge in [0.25, 0.3) is 0 Å². The molecule has 0 aromatic carbocycles. The lowest BCUT2D eigenvalue weighted by Gasteiger charge is -2.33. The number of ether oxygens (including phenoxy) is 1. The van der Waals surface area contributed by atoms with Gasteiger partial charge in [-0.1, -0.05) is 6.08 Å². The molecule has 2 heterocycles. The summed E-state index contributed by atoms with van der Waals surface area (Å²) in [7, 11) is 0. The van der Waals surface area contributed by atoms with Crippen molar-refractivity contribution in [2.24, 2.45) is 11.8 Å². The second-order valence-electron chi connectivity index (χ2n) is 10.1. The van der Waals surface area contributed by atoms with E-state index in [0.717, 1.165) is 12.8 Å². The van der Waals surface area contributed by atoms with E-state index in [0.29, 0.717) is 32.5 Å². The van der Waals surface area contributed by atoms with Gasteiger partial charge < -0.3 is 30.3 Å². The van der Waals surface area contributed by atoms with Gasteiger partial charge in [0.1, 0.15) is 11.8 Å². The standard InChI is InChI=1S/C24H38N4O7/c1-16(29)25-19(14-21(31)32)26-22(33)18-6-5-11-28(15-18)20(30)8-7-17-9-12-27(13-10-17)23(34)35-24(2,3)4/h7-8,17-19H,5-6,9-15H2,1-4H3,(H,25,29)(H,26,33)(H,31,32)/b8-7+/t18-,19+/m1/s1. The molecule has 0 radical (unpaired) electrons. The maximum atomic E-state index is 12.7. The van der Waals surface area contributed by atoms with Gasteiger partial charge in [0.05, 0.1) is 12.3 Å². The van der Waals surface area contributed by atoms with E-state index in [-0.39, 0.29) is 30.4 Å². The summed E-state index contributed by atoms with van der Waals surface area (Å²) in [6.45, 7) is 8.64. The quantitative estimate of drug-likeness (QED) is 0.359. The Bertz CT molecular complexity index is 812.